The Kier molecular flexibility index (Phi) is 7.61. The van der Waals surface area contributed by atoms with Gasteiger partial charge in [-0.25, -0.2) is 17.2 Å². The van der Waals surface area contributed by atoms with E-state index in [1.165, 1.54) is 24.3 Å². The third-order valence-electron chi connectivity index (χ3n) is 6.90. The highest BCUT2D eigenvalue weighted by Crippen LogP contribution is 2.37. The van der Waals surface area contributed by atoms with E-state index in [2.05, 4.69) is 5.32 Å². The van der Waals surface area contributed by atoms with Crippen LogP contribution in [0.2, 0.25) is 0 Å². The topological polar surface area (TPSA) is 113 Å². The van der Waals surface area contributed by atoms with Crippen molar-refractivity contribution in [2.24, 2.45) is 0 Å². The van der Waals surface area contributed by atoms with E-state index in [0.29, 0.717) is 9.87 Å². The smallest absolute Gasteiger partial charge is 0.305 e. The van der Waals surface area contributed by atoms with E-state index < -0.39 is 59.3 Å². The van der Waals surface area contributed by atoms with E-state index in [0.717, 1.165) is 29.7 Å². The van der Waals surface area contributed by atoms with Crippen LogP contribution in [0.25, 0.3) is 11.1 Å². The van der Waals surface area contributed by atoms with Crippen LogP contribution in [0.3, 0.4) is 0 Å². The molecule has 0 bridgehead atoms. The Morgan fingerprint density at radius 3 is 2.30 bits per heavy atom. The van der Waals surface area contributed by atoms with Gasteiger partial charge in [-0.15, -0.1) is 0 Å². The fourth-order valence-corrected chi connectivity index (χ4v) is 6.39. The van der Waals surface area contributed by atoms with Crippen LogP contribution in [-0.4, -0.2) is 54.3 Å². The molecule has 1 saturated heterocycles. The van der Waals surface area contributed by atoms with Crippen LogP contribution in [0.4, 0.5) is 8.78 Å². The number of amides is 1. The zero-order valence-corrected chi connectivity index (χ0v) is 22.2. The molecule has 0 radical (unpaired) electrons. The Morgan fingerprint density at radius 1 is 1.00 bits per heavy atom. The molecule has 3 aromatic rings. The van der Waals surface area contributed by atoms with Crippen LogP contribution in [0.5, 0.6) is 5.75 Å². The van der Waals surface area contributed by atoms with Gasteiger partial charge in [0.25, 0.3) is 5.92 Å². The average molecular weight is 571 g/mol. The molecular formula is C29H28F2N2O6S. The minimum Gasteiger partial charge on any atom is -0.490 e. The van der Waals surface area contributed by atoms with Crippen molar-refractivity contribution in [3.05, 3.63) is 84.4 Å². The van der Waals surface area contributed by atoms with Crippen molar-refractivity contribution in [1.29, 1.82) is 0 Å². The number of carbonyl (C=O) groups excluding carboxylic acids is 1. The molecule has 1 aliphatic carbocycles. The fourth-order valence-electron chi connectivity index (χ4n) is 4.75. The van der Waals surface area contributed by atoms with Gasteiger partial charge in [-0.1, -0.05) is 60.7 Å². The fraction of sp³-hybridized carbons (Fsp3) is 0.310. The molecule has 2 N–H and O–H groups in total. The number of benzene rings is 3. The number of ether oxygens (including phenoxy) is 1. The zero-order valence-electron chi connectivity index (χ0n) is 21.4. The summed E-state index contributed by atoms with van der Waals surface area (Å²) >= 11 is 0. The SMILES string of the molecule is O=C(O)C[C@@H](NC(=O)[C@@H]1CC(F)(F)CN1S(=O)(=O)c1ccccc1)c1ccc(-c2ccccc2OC2CC2)cc1. The van der Waals surface area contributed by atoms with Gasteiger partial charge in [0, 0.05) is 12.0 Å². The molecule has 210 valence electrons. The summed E-state index contributed by atoms with van der Waals surface area (Å²) in [7, 11) is -4.41. The van der Waals surface area contributed by atoms with E-state index in [4.69, 9.17) is 4.74 Å². The highest BCUT2D eigenvalue weighted by molar-refractivity contribution is 7.89. The summed E-state index contributed by atoms with van der Waals surface area (Å²) in [6, 6.07) is 18.6. The molecule has 11 heteroatoms. The quantitative estimate of drug-likeness (QED) is 0.368. The number of carboxylic acid groups (broad SMARTS) is 1. The van der Waals surface area contributed by atoms with Crippen LogP contribution < -0.4 is 10.1 Å². The zero-order chi connectivity index (χ0) is 28.5. The van der Waals surface area contributed by atoms with E-state index in [1.807, 2.05) is 24.3 Å². The number of halogens is 2. The number of hydrogen-bond donors (Lipinski definition) is 2. The first kappa shape index (κ1) is 27.7. The molecule has 40 heavy (non-hydrogen) atoms. The average Bonchev–Trinajstić information content (AvgIpc) is 3.68. The second-order valence-electron chi connectivity index (χ2n) is 10.0. The van der Waals surface area contributed by atoms with Gasteiger partial charge in [0.2, 0.25) is 15.9 Å². The monoisotopic (exact) mass is 570 g/mol. The second kappa shape index (κ2) is 11.0. The highest BCUT2D eigenvalue weighted by Gasteiger charge is 2.53. The van der Waals surface area contributed by atoms with E-state index in [1.54, 1.807) is 30.3 Å². The first-order valence-corrected chi connectivity index (χ1v) is 14.3. The molecule has 1 heterocycles. The maximum Gasteiger partial charge on any atom is 0.305 e. The van der Waals surface area contributed by atoms with Crippen LogP contribution in [0.1, 0.15) is 37.3 Å². The maximum absolute atomic E-state index is 14.5. The van der Waals surface area contributed by atoms with Gasteiger partial charge in [-0.05, 0) is 42.2 Å². The molecule has 0 spiro atoms. The summed E-state index contributed by atoms with van der Waals surface area (Å²) in [4.78, 5) is 24.7. The van der Waals surface area contributed by atoms with Gasteiger partial charge in [-0.2, -0.15) is 4.31 Å². The van der Waals surface area contributed by atoms with Crippen molar-refractivity contribution in [2.75, 3.05) is 6.54 Å². The van der Waals surface area contributed by atoms with Crippen molar-refractivity contribution in [3.8, 4) is 16.9 Å². The number of sulfonamides is 1. The summed E-state index contributed by atoms with van der Waals surface area (Å²) in [5.74, 6) is -4.91. The van der Waals surface area contributed by atoms with Gasteiger partial charge in [-0.3, -0.25) is 9.59 Å². The summed E-state index contributed by atoms with van der Waals surface area (Å²) in [6.07, 6.45) is 0.660. The van der Waals surface area contributed by atoms with Gasteiger partial charge < -0.3 is 15.2 Å². The van der Waals surface area contributed by atoms with Crippen LogP contribution in [-0.2, 0) is 19.6 Å². The number of rotatable bonds is 10. The number of carbonyl (C=O) groups is 2. The molecule has 1 amide bonds. The maximum atomic E-state index is 14.5. The minimum atomic E-state index is -4.41. The van der Waals surface area contributed by atoms with E-state index >= 15 is 0 Å². The lowest BCUT2D eigenvalue weighted by molar-refractivity contribution is -0.138. The number of carboxylic acids is 1. The molecule has 1 saturated carbocycles. The number of aliphatic carboxylic acids is 1. The van der Waals surface area contributed by atoms with Gasteiger partial charge in [0.15, 0.2) is 0 Å². The number of alkyl halides is 2. The van der Waals surface area contributed by atoms with Crippen molar-refractivity contribution in [1.82, 2.24) is 9.62 Å². The molecule has 5 rings (SSSR count). The Labute approximate surface area is 230 Å². The predicted molar refractivity (Wildman–Crippen MR) is 142 cm³/mol. The highest BCUT2D eigenvalue weighted by atomic mass is 32.2. The summed E-state index contributed by atoms with van der Waals surface area (Å²) in [6.45, 7) is -1.15. The normalized spacial score (nSPS) is 19.6. The second-order valence-corrected chi connectivity index (χ2v) is 11.9. The Bertz CT molecular complexity index is 1490. The first-order chi connectivity index (χ1) is 19.0. The molecule has 2 atom stereocenters. The Morgan fingerprint density at radius 2 is 1.65 bits per heavy atom. The van der Waals surface area contributed by atoms with Crippen molar-refractivity contribution in [2.45, 2.75) is 54.7 Å². The van der Waals surface area contributed by atoms with E-state index in [9.17, 15) is 31.9 Å². The molecule has 1 aliphatic heterocycles. The van der Waals surface area contributed by atoms with Crippen molar-refractivity contribution >= 4 is 21.9 Å². The third kappa shape index (κ3) is 6.15. The summed E-state index contributed by atoms with van der Waals surface area (Å²) < 4.78 is 61.7. The van der Waals surface area contributed by atoms with Crippen LogP contribution in [0.15, 0.2) is 83.8 Å². The first-order valence-electron chi connectivity index (χ1n) is 12.9. The molecule has 0 aromatic heterocycles. The van der Waals surface area contributed by atoms with Crippen LogP contribution in [0, 0.1) is 0 Å². The molecule has 3 aromatic carbocycles. The van der Waals surface area contributed by atoms with Crippen LogP contribution >= 0.6 is 0 Å². The molecule has 8 nitrogen and oxygen atoms in total. The summed E-state index contributed by atoms with van der Waals surface area (Å²) in [5.41, 5.74) is 2.10. The number of hydrogen-bond acceptors (Lipinski definition) is 5. The Balaban J connectivity index is 1.38. The standard InChI is InChI=1S/C29H28F2N2O6S/c30-29(31)17-25(33(18-29)40(37,38)22-6-2-1-3-7-22)28(36)32-24(16-27(34)35)20-12-10-19(11-13-20)23-8-4-5-9-26(23)39-21-14-15-21/h1-13,21,24-25H,14-18H2,(H,32,36)(H,34,35)/t24-,25+/m1/s1. The third-order valence-corrected chi connectivity index (χ3v) is 8.77. The van der Waals surface area contributed by atoms with Crippen molar-refractivity contribution in [3.63, 3.8) is 0 Å². The lowest BCUT2D eigenvalue weighted by atomic mass is 9.98. The minimum absolute atomic E-state index is 0.198. The molecule has 2 aliphatic rings. The molecule has 2 fully saturated rings. The predicted octanol–water partition coefficient (Wildman–Crippen LogP) is 4.63. The molecular weight excluding hydrogens is 542 g/mol. The number of nitrogens with zero attached hydrogens (tertiary/aromatic N) is 1. The van der Waals surface area contributed by atoms with Gasteiger partial charge >= 0.3 is 5.97 Å². The lowest BCUT2D eigenvalue weighted by Gasteiger charge is -2.25. The summed E-state index contributed by atoms with van der Waals surface area (Å²) in [5, 5.41) is 12.0. The van der Waals surface area contributed by atoms with Gasteiger partial charge in [0.05, 0.1) is 30.0 Å². The van der Waals surface area contributed by atoms with Crippen molar-refractivity contribution < 1.29 is 36.6 Å². The van der Waals surface area contributed by atoms with Gasteiger partial charge in [0.1, 0.15) is 11.8 Å². The number of nitrogens with one attached hydrogen (secondary N) is 1. The van der Waals surface area contributed by atoms with E-state index in [-0.39, 0.29) is 11.0 Å². The largest absolute Gasteiger partial charge is 0.490 e. The number of para-hydroxylation sites is 1. The lowest BCUT2D eigenvalue weighted by Crippen LogP contribution is -2.47. The molecule has 0 unspecified atom stereocenters. The Hall–Kier alpha value is -3.83.